The van der Waals surface area contributed by atoms with Gasteiger partial charge in [-0.2, -0.15) is 0 Å². The summed E-state index contributed by atoms with van der Waals surface area (Å²) in [5.74, 6) is 0. The van der Waals surface area contributed by atoms with Crippen LogP contribution in [0.1, 0.15) is 12.6 Å². The summed E-state index contributed by atoms with van der Waals surface area (Å²) in [7, 11) is 2.04. The molecule has 1 aromatic carbocycles. The van der Waals surface area contributed by atoms with Crippen LogP contribution in [0.15, 0.2) is 30.8 Å². The second kappa shape index (κ2) is 2.91. The van der Waals surface area contributed by atoms with Gasteiger partial charge in [0.15, 0.2) is 0 Å². The lowest BCUT2D eigenvalue weighted by molar-refractivity contribution is 0.947. The highest BCUT2D eigenvalue weighted by atomic mass is 14.9. The van der Waals surface area contributed by atoms with E-state index in [9.17, 15) is 0 Å². The van der Waals surface area contributed by atoms with Crippen molar-refractivity contribution in [2.45, 2.75) is 6.92 Å². The summed E-state index contributed by atoms with van der Waals surface area (Å²) in [6.45, 7) is 5.96. The van der Waals surface area contributed by atoms with Crippen molar-refractivity contribution in [3.05, 3.63) is 36.5 Å². The molecule has 0 amide bonds. The molecule has 0 saturated heterocycles. The van der Waals surface area contributed by atoms with Crippen LogP contribution >= 0.6 is 0 Å². The van der Waals surface area contributed by atoms with E-state index < -0.39 is 0 Å². The number of aryl methyl sites for hydroxylation is 1. The molecule has 0 aliphatic carbocycles. The van der Waals surface area contributed by atoms with Crippen molar-refractivity contribution in [1.82, 2.24) is 4.57 Å². The average molecular weight is 186 g/mol. The van der Waals surface area contributed by atoms with E-state index in [-0.39, 0.29) is 0 Å². The molecule has 0 unspecified atom stereocenters. The van der Waals surface area contributed by atoms with Crippen LogP contribution in [0.25, 0.3) is 16.5 Å². The fourth-order valence-corrected chi connectivity index (χ4v) is 1.78. The van der Waals surface area contributed by atoms with Gasteiger partial charge in [-0.15, -0.1) is 0 Å². The summed E-state index contributed by atoms with van der Waals surface area (Å²) >= 11 is 0. The van der Waals surface area contributed by atoms with Crippen LogP contribution in [0.5, 0.6) is 0 Å². The van der Waals surface area contributed by atoms with Crippen LogP contribution in [0, 0.1) is 0 Å². The maximum absolute atomic E-state index is 5.73. The molecule has 0 atom stereocenters. The van der Waals surface area contributed by atoms with Gasteiger partial charge in [0.05, 0.1) is 0 Å². The minimum absolute atomic E-state index is 0.802. The first-order valence-electron chi connectivity index (χ1n) is 4.60. The summed E-state index contributed by atoms with van der Waals surface area (Å²) < 4.78 is 2.14. The topological polar surface area (TPSA) is 30.9 Å². The van der Waals surface area contributed by atoms with E-state index in [4.69, 9.17) is 5.73 Å². The highest BCUT2D eigenvalue weighted by Crippen LogP contribution is 2.24. The van der Waals surface area contributed by atoms with Crippen molar-refractivity contribution < 1.29 is 0 Å². The minimum Gasteiger partial charge on any atom is -0.399 e. The van der Waals surface area contributed by atoms with E-state index in [0.717, 1.165) is 17.0 Å². The number of rotatable bonds is 1. The third-order valence-electron chi connectivity index (χ3n) is 2.50. The SMILES string of the molecule is C=C(C)c1cc2cc(N)ccc2n1C. The Bertz CT molecular complexity index is 506. The summed E-state index contributed by atoms with van der Waals surface area (Å²) in [5.41, 5.74) is 9.95. The van der Waals surface area contributed by atoms with E-state index in [1.54, 1.807) is 0 Å². The molecule has 2 heteroatoms. The van der Waals surface area contributed by atoms with Crippen molar-refractivity contribution in [1.29, 1.82) is 0 Å². The monoisotopic (exact) mass is 186 g/mol. The molecule has 72 valence electrons. The lowest BCUT2D eigenvalue weighted by Gasteiger charge is -2.02. The average Bonchev–Trinajstić information content (AvgIpc) is 2.43. The van der Waals surface area contributed by atoms with E-state index in [0.29, 0.717) is 0 Å². The van der Waals surface area contributed by atoms with Crippen molar-refractivity contribution in [3.8, 4) is 0 Å². The van der Waals surface area contributed by atoms with Gasteiger partial charge in [-0.3, -0.25) is 0 Å². The van der Waals surface area contributed by atoms with Crippen molar-refractivity contribution in [2.75, 3.05) is 5.73 Å². The fourth-order valence-electron chi connectivity index (χ4n) is 1.78. The first kappa shape index (κ1) is 8.88. The van der Waals surface area contributed by atoms with Crippen LogP contribution in [-0.2, 0) is 7.05 Å². The number of nitrogens with zero attached hydrogens (tertiary/aromatic N) is 1. The van der Waals surface area contributed by atoms with E-state index >= 15 is 0 Å². The molecule has 0 aliphatic rings. The lowest BCUT2D eigenvalue weighted by atomic mass is 10.2. The smallest absolute Gasteiger partial charge is 0.0484 e. The van der Waals surface area contributed by atoms with Crippen LogP contribution < -0.4 is 5.73 Å². The van der Waals surface area contributed by atoms with Gasteiger partial charge in [-0.1, -0.05) is 6.58 Å². The third-order valence-corrected chi connectivity index (χ3v) is 2.50. The molecule has 0 radical (unpaired) electrons. The molecular weight excluding hydrogens is 172 g/mol. The molecule has 0 saturated carbocycles. The molecule has 0 aliphatic heterocycles. The summed E-state index contributed by atoms with van der Waals surface area (Å²) in [5, 5.41) is 1.17. The second-order valence-corrected chi connectivity index (χ2v) is 3.69. The first-order valence-corrected chi connectivity index (χ1v) is 4.60. The van der Waals surface area contributed by atoms with Crippen molar-refractivity contribution >= 4 is 22.2 Å². The molecule has 1 aromatic heterocycles. The normalized spacial score (nSPS) is 10.7. The molecule has 14 heavy (non-hydrogen) atoms. The molecular formula is C12H14N2. The summed E-state index contributed by atoms with van der Waals surface area (Å²) in [6.07, 6.45) is 0. The summed E-state index contributed by atoms with van der Waals surface area (Å²) in [4.78, 5) is 0. The van der Waals surface area contributed by atoms with Crippen molar-refractivity contribution in [2.24, 2.45) is 7.05 Å². The number of nitrogens with two attached hydrogens (primary N) is 1. The Morgan fingerprint density at radius 1 is 1.36 bits per heavy atom. The number of hydrogen-bond acceptors (Lipinski definition) is 1. The Morgan fingerprint density at radius 3 is 2.71 bits per heavy atom. The van der Waals surface area contributed by atoms with E-state index in [2.05, 4.69) is 17.2 Å². The Labute approximate surface area is 83.6 Å². The molecule has 0 fully saturated rings. The minimum atomic E-state index is 0.802. The highest BCUT2D eigenvalue weighted by Gasteiger charge is 2.05. The zero-order chi connectivity index (χ0) is 10.3. The highest BCUT2D eigenvalue weighted by molar-refractivity contribution is 5.87. The van der Waals surface area contributed by atoms with Gasteiger partial charge in [0, 0.05) is 29.3 Å². The van der Waals surface area contributed by atoms with Gasteiger partial charge in [0.25, 0.3) is 0 Å². The Morgan fingerprint density at radius 2 is 2.07 bits per heavy atom. The van der Waals surface area contributed by atoms with Gasteiger partial charge in [0.1, 0.15) is 0 Å². The number of fused-ring (bicyclic) bond motifs is 1. The Kier molecular flexibility index (Phi) is 1.84. The van der Waals surface area contributed by atoms with Gasteiger partial charge < -0.3 is 10.3 Å². The maximum atomic E-state index is 5.73. The number of hydrogen-bond donors (Lipinski definition) is 1. The predicted octanol–water partition coefficient (Wildman–Crippen LogP) is 2.79. The van der Waals surface area contributed by atoms with E-state index in [1.165, 1.54) is 10.9 Å². The largest absolute Gasteiger partial charge is 0.399 e. The number of anilines is 1. The van der Waals surface area contributed by atoms with E-state index in [1.807, 2.05) is 32.2 Å². The molecule has 2 aromatic rings. The van der Waals surface area contributed by atoms with Gasteiger partial charge in [0.2, 0.25) is 0 Å². The van der Waals surface area contributed by atoms with Crippen molar-refractivity contribution in [3.63, 3.8) is 0 Å². The predicted molar refractivity (Wildman–Crippen MR) is 62.0 cm³/mol. The van der Waals surface area contributed by atoms with Crippen LogP contribution in [0.3, 0.4) is 0 Å². The van der Waals surface area contributed by atoms with Crippen LogP contribution in [0.4, 0.5) is 5.69 Å². The number of nitrogen functional groups attached to an aromatic ring is 1. The van der Waals surface area contributed by atoms with Gasteiger partial charge >= 0.3 is 0 Å². The Balaban J connectivity index is 2.79. The maximum Gasteiger partial charge on any atom is 0.0484 e. The zero-order valence-electron chi connectivity index (χ0n) is 8.54. The Hall–Kier alpha value is -1.70. The molecule has 2 N–H and O–H groups in total. The summed E-state index contributed by atoms with van der Waals surface area (Å²) in [6, 6.07) is 8.07. The van der Waals surface area contributed by atoms with Crippen LogP contribution in [0.2, 0.25) is 0 Å². The van der Waals surface area contributed by atoms with Gasteiger partial charge in [-0.25, -0.2) is 0 Å². The quantitative estimate of drug-likeness (QED) is 0.682. The first-order chi connectivity index (χ1) is 6.59. The molecule has 2 nitrogen and oxygen atoms in total. The number of allylic oxidation sites excluding steroid dienone is 1. The number of benzene rings is 1. The lowest BCUT2D eigenvalue weighted by Crippen LogP contribution is -1.92. The molecule has 0 bridgehead atoms. The van der Waals surface area contributed by atoms with Gasteiger partial charge in [-0.05, 0) is 36.8 Å². The molecule has 1 heterocycles. The number of aromatic nitrogens is 1. The van der Waals surface area contributed by atoms with Crippen LogP contribution in [-0.4, -0.2) is 4.57 Å². The second-order valence-electron chi connectivity index (χ2n) is 3.69. The molecule has 0 spiro atoms. The zero-order valence-corrected chi connectivity index (χ0v) is 8.54. The standard InChI is InChI=1S/C12H14N2/c1-8(2)12-7-9-6-10(13)4-5-11(9)14(12)3/h4-7H,1,13H2,2-3H3. The third kappa shape index (κ3) is 1.20. The fraction of sp³-hybridized carbons (Fsp3) is 0.167. The molecule has 2 rings (SSSR count).